The second-order valence-electron chi connectivity index (χ2n) is 6.02. The van der Waals surface area contributed by atoms with E-state index in [0.717, 1.165) is 20.5 Å². The van der Waals surface area contributed by atoms with Crippen LogP contribution in [0.5, 0.6) is 0 Å². The lowest BCUT2D eigenvalue weighted by Gasteiger charge is -2.09. The maximum absolute atomic E-state index is 12.0. The molecule has 2 aromatic rings. The number of thioether (sulfide) groups is 1. The number of halogens is 1. The quantitative estimate of drug-likeness (QED) is 0.481. The van der Waals surface area contributed by atoms with Crippen LogP contribution in [0.15, 0.2) is 45.8 Å². The fourth-order valence-electron chi connectivity index (χ4n) is 2.31. The number of hydrogen-bond donors (Lipinski definition) is 2. The number of amides is 2. The van der Waals surface area contributed by atoms with E-state index in [0.29, 0.717) is 11.3 Å². The van der Waals surface area contributed by atoms with Crippen molar-refractivity contribution in [3.63, 3.8) is 0 Å². The summed E-state index contributed by atoms with van der Waals surface area (Å²) in [6, 6.07) is 10.5. The molecule has 0 unspecified atom stereocenters. The Labute approximate surface area is 176 Å². The summed E-state index contributed by atoms with van der Waals surface area (Å²) < 4.78 is 6.05. The van der Waals surface area contributed by atoms with Crippen molar-refractivity contribution in [1.82, 2.24) is 5.32 Å². The first-order valence-electron chi connectivity index (χ1n) is 8.47. The first-order chi connectivity index (χ1) is 13.3. The molecule has 0 fully saturated rings. The Morgan fingerprint density at radius 2 is 1.86 bits per heavy atom. The molecular formula is C20H21BrN2O4S. The van der Waals surface area contributed by atoms with Crippen LogP contribution < -0.4 is 10.6 Å². The number of rotatable bonds is 7. The molecule has 2 amide bonds. The van der Waals surface area contributed by atoms with Gasteiger partial charge in [0.2, 0.25) is 0 Å². The number of esters is 1. The van der Waals surface area contributed by atoms with Gasteiger partial charge in [0, 0.05) is 27.7 Å². The number of benzene rings is 2. The van der Waals surface area contributed by atoms with Crippen molar-refractivity contribution in [3.05, 3.63) is 57.6 Å². The van der Waals surface area contributed by atoms with Gasteiger partial charge < -0.3 is 15.4 Å². The lowest BCUT2D eigenvalue weighted by atomic mass is 10.2. The number of hydrogen-bond acceptors (Lipinski definition) is 5. The normalized spacial score (nSPS) is 10.3. The van der Waals surface area contributed by atoms with Gasteiger partial charge in [-0.3, -0.25) is 14.4 Å². The van der Waals surface area contributed by atoms with Crippen molar-refractivity contribution >= 4 is 51.2 Å². The average molecular weight is 465 g/mol. The smallest absolute Gasteiger partial charge is 0.316 e. The molecule has 0 saturated carbocycles. The molecule has 0 aliphatic carbocycles. The van der Waals surface area contributed by atoms with E-state index in [1.807, 2.05) is 26.0 Å². The van der Waals surface area contributed by atoms with Gasteiger partial charge in [-0.15, -0.1) is 11.8 Å². The predicted molar refractivity (Wildman–Crippen MR) is 114 cm³/mol. The Morgan fingerprint density at radius 3 is 2.57 bits per heavy atom. The number of anilines is 1. The molecule has 0 spiro atoms. The van der Waals surface area contributed by atoms with Gasteiger partial charge in [0.05, 0.1) is 5.75 Å². The molecule has 0 radical (unpaired) electrons. The van der Waals surface area contributed by atoms with Crippen LogP contribution in [0.3, 0.4) is 0 Å². The third-order valence-corrected chi connectivity index (χ3v) is 5.79. The van der Waals surface area contributed by atoms with E-state index in [-0.39, 0.29) is 18.3 Å². The Balaban J connectivity index is 1.82. The molecule has 2 N–H and O–H groups in total. The van der Waals surface area contributed by atoms with Crippen LogP contribution in [-0.4, -0.2) is 37.2 Å². The molecule has 6 nitrogen and oxygen atoms in total. The highest BCUT2D eigenvalue weighted by atomic mass is 79.9. The molecule has 2 rings (SSSR count). The van der Waals surface area contributed by atoms with E-state index in [9.17, 15) is 14.4 Å². The lowest BCUT2D eigenvalue weighted by molar-refractivity contribution is -0.144. The number of aryl methyl sites for hydroxylation is 2. The summed E-state index contributed by atoms with van der Waals surface area (Å²) in [5.41, 5.74) is 3.02. The second kappa shape index (κ2) is 10.3. The molecule has 0 saturated heterocycles. The Morgan fingerprint density at radius 1 is 1.11 bits per heavy atom. The lowest BCUT2D eigenvalue weighted by Crippen LogP contribution is -2.22. The van der Waals surface area contributed by atoms with Gasteiger partial charge in [0.1, 0.15) is 0 Å². The molecule has 2 aromatic carbocycles. The van der Waals surface area contributed by atoms with Crippen molar-refractivity contribution < 1.29 is 19.1 Å². The first kappa shape index (κ1) is 22.0. The molecule has 148 valence electrons. The minimum atomic E-state index is -0.473. The van der Waals surface area contributed by atoms with Crippen molar-refractivity contribution in [2.75, 3.05) is 24.7 Å². The van der Waals surface area contributed by atoms with Gasteiger partial charge in [-0.05, 0) is 55.3 Å². The maximum atomic E-state index is 12.0. The van der Waals surface area contributed by atoms with Gasteiger partial charge >= 0.3 is 5.97 Å². The summed E-state index contributed by atoms with van der Waals surface area (Å²) in [5, 5.41) is 5.12. The summed E-state index contributed by atoms with van der Waals surface area (Å²) in [6.45, 7) is 3.57. The molecule has 28 heavy (non-hydrogen) atoms. The summed E-state index contributed by atoms with van der Waals surface area (Å²) in [4.78, 5) is 36.5. The molecular weight excluding hydrogens is 444 g/mol. The SMILES string of the molecule is CNC(=O)c1cccc(NC(=O)COC(=O)CSc2cc(C)c(Br)cc2C)c1. The Kier molecular flexibility index (Phi) is 8.07. The zero-order chi connectivity index (χ0) is 20.7. The highest BCUT2D eigenvalue weighted by Crippen LogP contribution is 2.28. The molecule has 0 aliphatic rings. The molecule has 0 bridgehead atoms. The van der Waals surface area contributed by atoms with Crippen LogP contribution in [0.25, 0.3) is 0 Å². The molecule has 0 atom stereocenters. The largest absolute Gasteiger partial charge is 0.455 e. The zero-order valence-corrected chi connectivity index (χ0v) is 18.2. The third kappa shape index (κ3) is 6.38. The van der Waals surface area contributed by atoms with E-state index < -0.39 is 11.9 Å². The summed E-state index contributed by atoms with van der Waals surface area (Å²) in [5.74, 6) is -1.08. The van der Waals surface area contributed by atoms with Crippen LogP contribution in [0.1, 0.15) is 21.5 Å². The monoisotopic (exact) mass is 464 g/mol. The van der Waals surface area contributed by atoms with E-state index in [1.54, 1.807) is 24.3 Å². The highest BCUT2D eigenvalue weighted by molar-refractivity contribution is 9.10. The Hall–Kier alpha value is -2.32. The maximum Gasteiger partial charge on any atom is 0.316 e. The number of carbonyl (C=O) groups excluding carboxylic acids is 3. The molecule has 0 aliphatic heterocycles. The van der Waals surface area contributed by atoms with Crippen LogP contribution in [0.4, 0.5) is 5.69 Å². The predicted octanol–water partition coefficient (Wildman–Crippen LogP) is 3.70. The van der Waals surface area contributed by atoms with Crippen LogP contribution in [-0.2, 0) is 14.3 Å². The Bertz CT molecular complexity index is 902. The zero-order valence-electron chi connectivity index (χ0n) is 15.8. The van der Waals surface area contributed by atoms with Gasteiger partial charge in [-0.1, -0.05) is 22.0 Å². The van der Waals surface area contributed by atoms with Gasteiger partial charge in [0.15, 0.2) is 6.61 Å². The number of carbonyl (C=O) groups is 3. The standard InChI is InChI=1S/C20H21BrN2O4S/c1-12-8-17(13(2)7-16(12)21)28-11-19(25)27-10-18(24)23-15-6-4-5-14(9-15)20(26)22-3/h4-9H,10-11H2,1-3H3,(H,22,26)(H,23,24). The van der Waals surface area contributed by atoms with Gasteiger partial charge in [-0.25, -0.2) is 0 Å². The van der Waals surface area contributed by atoms with Crippen molar-refractivity contribution in [1.29, 1.82) is 0 Å². The van der Waals surface area contributed by atoms with Crippen LogP contribution in [0.2, 0.25) is 0 Å². The van der Waals surface area contributed by atoms with Crippen molar-refractivity contribution in [3.8, 4) is 0 Å². The minimum Gasteiger partial charge on any atom is -0.455 e. The minimum absolute atomic E-state index is 0.112. The second-order valence-corrected chi connectivity index (χ2v) is 7.90. The van der Waals surface area contributed by atoms with Gasteiger partial charge in [-0.2, -0.15) is 0 Å². The van der Waals surface area contributed by atoms with E-state index >= 15 is 0 Å². The van der Waals surface area contributed by atoms with Crippen molar-refractivity contribution in [2.45, 2.75) is 18.7 Å². The number of nitrogens with one attached hydrogen (secondary N) is 2. The first-order valence-corrected chi connectivity index (χ1v) is 10.2. The van der Waals surface area contributed by atoms with Crippen LogP contribution in [0, 0.1) is 13.8 Å². The van der Waals surface area contributed by atoms with E-state index in [4.69, 9.17) is 4.74 Å². The fraction of sp³-hybridized carbons (Fsp3) is 0.250. The van der Waals surface area contributed by atoms with E-state index in [1.165, 1.54) is 18.8 Å². The molecule has 0 aromatic heterocycles. The molecule has 8 heteroatoms. The average Bonchev–Trinajstić information content (AvgIpc) is 2.67. The molecule has 0 heterocycles. The van der Waals surface area contributed by atoms with Gasteiger partial charge in [0.25, 0.3) is 11.8 Å². The highest BCUT2D eigenvalue weighted by Gasteiger charge is 2.11. The van der Waals surface area contributed by atoms with Crippen molar-refractivity contribution in [2.24, 2.45) is 0 Å². The van der Waals surface area contributed by atoms with E-state index in [2.05, 4.69) is 26.6 Å². The fourth-order valence-corrected chi connectivity index (χ4v) is 3.68. The third-order valence-electron chi connectivity index (χ3n) is 3.80. The van der Waals surface area contributed by atoms with Crippen LogP contribution >= 0.6 is 27.7 Å². The number of ether oxygens (including phenoxy) is 1. The topological polar surface area (TPSA) is 84.5 Å². The summed E-state index contributed by atoms with van der Waals surface area (Å²) >= 11 is 4.85. The summed E-state index contributed by atoms with van der Waals surface area (Å²) in [6.07, 6.45) is 0. The summed E-state index contributed by atoms with van der Waals surface area (Å²) in [7, 11) is 1.53.